The van der Waals surface area contributed by atoms with Crippen molar-refractivity contribution in [2.75, 3.05) is 12.4 Å². The average molecular weight is 261 g/mol. The molecule has 2 rings (SSSR count). The molecule has 1 aromatic carbocycles. The van der Waals surface area contributed by atoms with Crippen LogP contribution in [0, 0.1) is 0 Å². The molecule has 1 atom stereocenters. The van der Waals surface area contributed by atoms with E-state index >= 15 is 0 Å². The van der Waals surface area contributed by atoms with E-state index in [1.807, 2.05) is 0 Å². The molecule has 0 amide bonds. The van der Waals surface area contributed by atoms with Crippen LogP contribution in [-0.4, -0.2) is 27.7 Å². The van der Waals surface area contributed by atoms with Gasteiger partial charge in [-0.25, -0.2) is 9.78 Å². The summed E-state index contributed by atoms with van der Waals surface area (Å²) in [5, 5.41) is 12.3. The molecule has 0 bridgehead atoms. The van der Waals surface area contributed by atoms with Crippen LogP contribution in [0.2, 0.25) is 0 Å². The van der Waals surface area contributed by atoms with Gasteiger partial charge in [0.2, 0.25) is 0 Å². The molecule has 0 aliphatic rings. The lowest BCUT2D eigenvalue weighted by Crippen LogP contribution is -2.22. The second kappa shape index (κ2) is 5.43. The molecule has 0 saturated carbocycles. The Morgan fingerprint density at radius 3 is 2.89 bits per heavy atom. The zero-order valence-electron chi connectivity index (χ0n) is 10.7. The number of rotatable bonds is 5. The predicted molar refractivity (Wildman–Crippen MR) is 70.2 cm³/mol. The Balaban J connectivity index is 2.27. The first-order chi connectivity index (χ1) is 9.11. The van der Waals surface area contributed by atoms with Crippen LogP contribution in [0.3, 0.4) is 0 Å². The Bertz CT molecular complexity index is 580. The fourth-order valence-electron chi connectivity index (χ4n) is 1.79. The fraction of sp³-hybridized carbons (Fsp3) is 0.231. The highest BCUT2D eigenvalue weighted by Crippen LogP contribution is 2.22. The Hall–Kier alpha value is -2.50. The van der Waals surface area contributed by atoms with E-state index in [2.05, 4.69) is 10.3 Å². The van der Waals surface area contributed by atoms with Gasteiger partial charge in [0.1, 0.15) is 5.75 Å². The van der Waals surface area contributed by atoms with Gasteiger partial charge >= 0.3 is 5.97 Å². The molecule has 0 fully saturated rings. The van der Waals surface area contributed by atoms with Crippen LogP contribution >= 0.6 is 0 Å². The zero-order valence-corrected chi connectivity index (χ0v) is 10.7. The summed E-state index contributed by atoms with van der Waals surface area (Å²) < 4.78 is 6.78. The highest BCUT2D eigenvalue weighted by atomic mass is 16.5. The van der Waals surface area contributed by atoms with E-state index in [1.54, 1.807) is 49.3 Å². The number of hydrogen-bond acceptors (Lipinski definition) is 4. The highest BCUT2D eigenvalue weighted by Gasteiger charge is 2.22. The normalized spacial score (nSPS) is 11.9. The number of hydrogen-bond donors (Lipinski definition) is 2. The Morgan fingerprint density at radius 1 is 1.53 bits per heavy atom. The quantitative estimate of drug-likeness (QED) is 0.856. The summed E-state index contributed by atoms with van der Waals surface area (Å²) in [7, 11) is 3.32. The molecule has 1 unspecified atom stereocenters. The largest absolute Gasteiger partial charge is 0.497 e. The summed E-state index contributed by atoms with van der Waals surface area (Å²) in [6, 6.07) is 6.26. The van der Waals surface area contributed by atoms with Crippen LogP contribution in [0.1, 0.15) is 11.7 Å². The minimum atomic E-state index is -0.966. The van der Waals surface area contributed by atoms with Crippen LogP contribution in [0.15, 0.2) is 36.8 Å². The van der Waals surface area contributed by atoms with Crippen molar-refractivity contribution in [1.29, 1.82) is 0 Å². The number of methoxy groups -OCH3 is 1. The van der Waals surface area contributed by atoms with Gasteiger partial charge in [-0.3, -0.25) is 0 Å². The number of nitrogens with one attached hydrogen (secondary N) is 1. The topological polar surface area (TPSA) is 76.4 Å². The van der Waals surface area contributed by atoms with Gasteiger partial charge in [0.25, 0.3) is 0 Å². The second-order valence-electron chi connectivity index (χ2n) is 4.08. The number of carbonyl (C=O) groups is 1. The van der Waals surface area contributed by atoms with Crippen molar-refractivity contribution in [2.24, 2.45) is 7.05 Å². The van der Waals surface area contributed by atoms with Crippen LogP contribution in [-0.2, 0) is 11.8 Å². The molecule has 6 heteroatoms. The summed E-state index contributed by atoms with van der Waals surface area (Å²) in [5.41, 5.74) is 1.25. The van der Waals surface area contributed by atoms with Gasteiger partial charge in [-0.05, 0) is 12.1 Å². The molecule has 0 saturated heterocycles. The number of benzene rings is 1. The average Bonchev–Trinajstić information content (AvgIpc) is 2.82. The molecule has 1 heterocycles. The number of aliphatic carboxylic acids is 1. The number of carboxylic acid groups (broad SMARTS) is 1. The van der Waals surface area contributed by atoms with Crippen LogP contribution in [0.5, 0.6) is 5.75 Å². The summed E-state index contributed by atoms with van der Waals surface area (Å²) in [6.45, 7) is 0. The fourth-order valence-corrected chi connectivity index (χ4v) is 1.79. The van der Waals surface area contributed by atoms with Gasteiger partial charge < -0.3 is 19.7 Å². The number of carboxylic acids is 1. The molecule has 2 aromatic rings. The lowest BCUT2D eigenvalue weighted by atomic mass is 10.2. The molecule has 0 spiro atoms. The van der Waals surface area contributed by atoms with Crippen molar-refractivity contribution in [3.63, 3.8) is 0 Å². The SMILES string of the molecule is COc1cccc(NC(C(=O)O)c2cncn2C)c1. The van der Waals surface area contributed by atoms with Gasteiger partial charge in [0.15, 0.2) is 6.04 Å². The first kappa shape index (κ1) is 12.9. The van der Waals surface area contributed by atoms with Crippen LogP contribution in [0.4, 0.5) is 5.69 Å². The molecule has 0 radical (unpaired) electrons. The summed E-state index contributed by atoms with van der Waals surface area (Å²) in [6.07, 6.45) is 3.10. The minimum Gasteiger partial charge on any atom is -0.497 e. The van der Waals surface area contributed by atoms with E-state index in [9.17, 15) is 9.90 Å². The van der Waals surface area contributed by atoms with E-state index in [0.29, 0.717) is 17.1 Å². The van der Waals surface area contributed by atoms with Gasteiger partial charge in [-0.15, -0.1) is 0 Å². The van der Waals surface area contributed by atoms with E-state index in [4.69, 9.17) is 4.74 Å². The lowest BCUT2D eigenvalue weighted by molar-refractivity contribution is -0.138. The Labute approximate surface area is 110 Å². The predicted octanol–water partition coefficient (Wildman–Crippen LogP) is 1.67. The van der Waals surface area contributed by atoms with Crippen molar-refractivity contribution >= 4 is 11.7 Å². The van der Waals surface area contributed by atoms with Gasteiger partial charge in [-0.1, -0.05) is 6.07 Å². The smallest absolute Gasteiger partial charge is 0.332 e. The number of ether oxygens (including phenoxy) is 1. The maximum atomic E-state index is 11.4. The Kier molecular flexibility index (Phi) is 3.70. The van der Waals surface area contributed by atoms with Gasteiger partial charge in [0, 0.05) is 18.8 Å². The van der Waals surface area contributed by atoms with E-state index in [-0.39, 0.29) is 0 Å². The second-order valence-corrected chi connectivity index (χ2v) is 4.08. The monoisotopic (exact) mass is 261 g/mol. The number of aromatic nitrogens is 2. The molecule has 0 aliphatic carbocycles. The first-order valence-corrected chi connectivity index (χ1v) is 5.71. The van der Waals surface area contributed by atoms with Gasteiger partial charge in [0.05, 0.1) is 25.3 Å². The third-order valence-corrected chi connectivity index (χ3v) is 2.78. The zero-order chi connectivity index (χ0) is 13.8. The number of nitrogens with zero attached hydrogens (tertiary/aromatic N) is 2. The van der Waals surface area contributed by atoms with Crippen LogP contribution in [0.25, 0.3) is 0 Å². The number of aryl methyl sites for hydroxylation is 1. The molecule has 0 aliphatic heterocycles. The molecule has 19 heavy (non-hydrogen) atoms. The van der Waals surface area contributed by atoms with Crippen molar-refractivity contribution in [3.05, 3.63) is 42.5 Å². The summed E-state index contributed by atoms with van der Waals surface area (Å²) in [4.78, 5) is 15.3. The number of anilines is 1. The molecule has 1 aromatic heterocycles. The maximum Gasteiger partial charge on any atom is 0.332 e. The molecule has 100 valence electrons. The van der Waals surface area contributed by atoms with Crippen LogP contribution < -0.4 is 10.1 Å². The lowest BCUT2D eigenvalue weighted by Gasteiger charge is -2.16. The van der Waals surface area contributed by atoms with Crippen molar-refractivity contribution in [1.82, 2.24) is 9.55 Å². The Morgan fingerprint density at radius 2 is 2.32 bits per heavy atom. The summed E-state index contributed by atoms with van der Waals surface area (Å²) >= 11 is 0. The van der Waals surface area contributed by atoms with E-state index in [0.717, 1.165) is 0 Å². The van der Waals surface area contributed by atoms with Crippen molar-refractivity contribution < 1.29 is 14.6 Å². The molecular weight excluding hydrogens is 246 g/mol. The molecule has 6 nitrogen and oxygen atoms in total. The highest BCUT2D eigenvalue weighted by molar-refractivity contribution is 5.78. The van der Waals surface area contributed by atoms with Gasteiger partial charge in [-0.2, -0.15) is 0 Å². The van der Waals surface area contributed by atoms with Crippen molar-refractivity contribution in [3.8, 4) is 5.75 Å². The number of imidazole rings is 1. The van der Waals surface area contributed by atoms with E-state index in [1.165, 1.54) is 6.20 Å². The molecular formula is C13H15N3O3. The maximum absolute atomic E-state index is 11.4. The third kappa shape index (κ3) is 2.85. The summed E-state index contributed by atoms with van der Waals surface area (Å²) in [5.74, 6) is -0.300. The molecule has 2 N–H and O–H groups in total. The van der Waals surface area contributed by atoms with E-state index < -0.39 is 12.0 Å². The third-order valence-electron chi connectivity index (χ3n) is 2.78. The first-order valence-electron chi connectivity index (χ1n) is 5.71. The minimum absolute atomic E-state index is 0.579. The standard InChI is InChI=1S/C13H15N3O3/c1-16-8-14-7-11(16)12(13(17)18)15-9-4-3-5-10(6-9)19-2/h3-8,12,15H,1-2H3,(H,17,18). The van der Waals surface area contributed by atoms with Crippen molar-refractivity contribution in [2.45, 2.75) is 6.04 Å².